The van der Waals surface area contributed by atoms with Gasteiger partial charge in [0.1, 0.15) is 17.3 Å². The fourth-order valence-corrected chi connectivity index (χ4v) is 3.57. The zero-order valence-corrected chi connectivity index (χ0v) is 17.1. The smallest absolute Gasteiger partial charge is 0.272 e. The molecule has 4 aromatic rings. The van der Waals surface area contributed by atoms with Crippen molar-refractivity contribution in [2.75, 3.05) is 11.9 Å². The van der Waals surface area contributed by atoms with Crippen molar-refractivity contribution in [3.05, 3.63) is 83.8 Å². The van der Waals surface area contributed by atoms with E-state index in [-0.39, 0.29) is 18.3 Å². The summed E-state index contributed by atoms with van der Waals surface area (Å²) < 4.78 is 19.6. The molecule has 3 aromatic carbocycles. The first-order valence-electron chi connectivity index (χ1n) is 10.1. The van der Waals surface area contributed by atoms with E-state index in [2.05, 4.69) is 10.3 Å². The van der Waals surface area contributed by atoms with Crippen LogP contribution < -0.4 is 10.1 Å². The molecule has 4 rings (SSSR count). The van der Waals surface area contributed by atoms with Crippen molar-refractivity contribution in [3.8, 4) is 16.9 Å². The van der Waals surface area contributed by atoms with Crippen LogP contribution >= 0.6 is 0 Å². The number of H-pyrrole nitrogens is 1. The molecule has 158 valence electrons. The summed E-state index contributed by atoms with van der Waals surface area (Å²) >= 11 is 0. The SMILES string of the molecule is CCCOc1ccc(NC(=O)c2[nH]c3ccc(F)cc3c2-c2ccccc2)cc1CO. The van der Waals surface area contributed by atoms with Crippen molar-refractivity contribution >= 4 is 22.5 Å². The Kier molecular flexibility index (Phi) is 6.00. The highest BCUT2D eigenvalue weighted by molar-refractivity contribution is 6.14. The molecule has 0 saturated heterocycles. The van der Waals surface area contributed by atoms with Crippen LogP contribution in [0.4, 0.5) is 10.1 Å². The highest BCUT2D eigenvalue weighted by Crippen LogP contribution is 2.33. The first kappa shape index (κ1) is 20.6. The van der Waals surface area contributed by atoms with Gasteiger partial charge in [0, 0.05) is 27.7 Å². The van der Waals surface area contributed by atoms with E-state index in [0.717, 1.165) is 12.0 Å². The first-order chi connectivity index (χ1) is 15.1. The monoisotopic (exact) mass is 418 g/mol. The van der Waals surface area contributed by atoms with Crippen LogP contribution in [0.3, 0.4) is 0 Å². The molecule has 6 heteroatoms. The molecular weight excluding hydrogens is 395 g/mol. The van der Waals surface area contributed by atoms with Gasteiger partial charge >= 0.3 is 0 Å². The molecule has 0 spiro atoms. The fraction of sp³-hybridized carbons (Fsp3) is 0.160. The van der Waals surface area contributed by atoms with Gasteiger partial charge in [-0.25, -0.2) is 4.39 Å². The number of hydrogen-bond donors (Lipinski definition) is 3. The summed E-state index contributed by atoms with van der Waals surface area (Å²) in [5.41, 5.74) is 3.57. The molecule has 5 nitrogen and oxygen atoms in total. The van der Waals surface area contributed by atoms with Crippen LogP contribution in [0.1, 0.15) is 29.4 Å². The molecule has 0 unspecified atom stereocenters. The van der Waals surface area contributed by atoms with Crippen molar-refractivity contribution in [1.82, 2.24) is 4.98 Å². The summed E-state index contributed by atoms with van der Waals surface area (Å²) in [6.07, 6.45) is 0.854. The fourth-order valence-electron chi connectivity index (χ4n) is 3.57. The summed E-state index contributed by atoms with van der Waals surface area (Å²) in [5, 5.41) is 13.2. The van der Waals surface area contributed by atoms with Crippen molar-refractivity contribution in [2.24, 2.45) is 0 Å². The van der Waals surface area contributed by atoms with E-state index >= 15 is 0 Å². The number of aliphatic hydroxyl groups is 1. The molecule has 31 heavy (non-hydrogen) atoms. The molecule has 3 N–H and O–H groups in total. The second-order valence-electron chi connectivity index (χ2n) is 7.21. The van der Waals surface area contributed by atoms with Gasteiger partial charge in [0.05, 0.1) is 13.2 Å². The molecule has 1 heterocycles. The average molecular weight is 418 g/mol. The molecule has 0 aliphatic rings. The van der Waals surface area contributed by atoms with Gasteiger partial charge < -0.3 is 20.1 Å². The summed E-state index contributed by atoms with van der Waals surface area (Å²) in [7, 11) is 0. The molecule has 0 fully saturated rings. The lowest BCUT2D eigenvalue weighted by atomic mass is 10.0. The lowest BCUT2D eigenvalue weighted by Gasteiger charge is -2.12. The van der Waals surface area contributed by atoms with Crippen LogP contribution in [0.25, 0.3) is 22.0 Å². The second-order valence-corrected chi connectivity index (χ2v) is 7.21. The van der Waals surface area contributed by atoms with Crippen LogP contribution in [-0.4, -0.2) is 22.6 Å². The molecule has 1 amide bonds. The maximum Gasteiger partial charge on any atom is 0.272 e. The molecule has 0 aliphatic heterocycles. The molecule has 0 bridgehead atoms. The van der Waals surface area contributed by atoms with E-state index in [1.807, 2.05) is 37.3 Å². The average Bonchev–Trinajstić information content (AvgIpc) is 3.17. The van der Waals surface area contributed by atoms with Gasteiger partial charge in [-0.15, -0.1) is 0 Å². The van der Waals surface area contributed by atoms with Gasteiger partial charge in [0.15, 0.2) is 0 Å². The van der Waals surface area contributed by atoms with Crippen LogP contribution in [0.5, 0.6) is 5.75 Å². The van der Waals surface area contributed by atoms with Gasteiger partial charge in [-0.05, 0) is 48.4 Å². The topological polar surface area (TPSA) is 74.3 Å². The highest BCUT2D eigenvalue weighted by atomic mass is 19.1. The Balaban J connectivity index is 1.71. The summed E-state index contributed by atoms with van der Waals surface area (Å²) in [6, 6.07) is 19.0. The summed E-state index contributed by atoms with van der Waals surface area (Å²) in [4.78, 5) is 16.3. The van der Waals surface area contributed by atoms with Crippen molar-refractivity contribution in [1.29, 1.82) is 0 Å². The Morgan fingerprint density at radius 3 is 2.65 bits per heavy atom. The van der Waals surface area contributed by atoms with Crippen molar-refractivity contribution in [2.45, 2.75) is 20.0 Å². The number of aromatic amines is 1. The van der Waals surface area contributed by atoms with Crippen LogP contribution in [0.2, 0.25) is 0 Å². The molecule has 0 radical (unpaired) electrons. The Morgan fingerprint density at radius 2 is 1.90 bits per heavy atom. The van der Waals surface area contributed by atoms with Gasteiger partial charge in [-0.2, -0.15) is 0 Å². The Labute approximate surface area is 179 Å². The van der Waals surface area contributed by atoms with E-state index in [4.69, 9.17) is 4.74 Å². The molecule has 0 saturated carbocycles. The summed E-state index contributed by atoms with van der Waals surface area (Å²) in [6.45, 7) is 2.35. The maximum absolute atomic E-state index is 13.9. The molecule has 0 atom stereocenters. The predicted molar refractivity (Wildman–Crippen MR) is 120 cm³/mol. The van der Waals surface area contributed by atoms with E-state index < -0.39 is 0 Å². The zero-order valence-electron chi connectivity index (χ0n) is 17.1. The lowest BCUT2D eigenvalue weighted by Crippen LogP contribution is -2.14. The molecule has 0 aliphatic carbocycles. The Morgan fingerprint density at radius 1 is 1.10 bits per heavy atom. The van der Waals surface area contributed by atoms with Crippen LogP contribution in [-0.2, 0) is 6.61 Å². The number of nitrogens with one attached hydrogen (secondary N) is 2. The third-order valence-electron chi connectivity index (χ3n) is 5.00. The number of fused-ring (bicyclic) bond motifs is 1. The van der Waals surface area contributed by atoms with Gasteiger partial charge in [0.25, 0.3) is 5.91 Å². The van der Waals surface area contributed by atoms with Crippen molar-refractivity contribution < 1.29 is 19.0 Å². The Bertz CT molecular complexity index is 1220. The number of benzene rings is 3. The highest BCUT2D eigenvalue weighted by Gasteiger charge is 2.20. The van der Waals surface area contributed by atoms with Gasteiger partial charge in [-0.3, -0.25) is 4.79 Å². The standard InChI is InChI=1S/C25H23FN2O3/c1-2-12-31-22-11-9-19(13-17(22)15-29)27-25(30)24-23(16-6-4-3-5-7-16)20-14-18(26)8-10-21(20)28-24/h3-11,13-14,28-29H,2,12,15H2,1H3,(H,27,30). The maximum atomic E-state index is 13.9. The quantitative estimate of drug-likeness (QED) is 0.371. The third-order valence-corrected chi connectivity index (χ3v) is 5.00. The van der Waals surface area contributed by atoms with Crippen LogP contribution in [0.15, 0.2) is 66.7 Å². The number of amides is 1. The number of ether oxygens (including phenoxy) is 1. The first-order valence-corrected chi connectivity index (χ1v) is 10.1. The molecule has 1 aromatic heterocycles. The minimum absolute atomic E-state index is 0.205. The van der Waals surface area contributed by atoms with Gasteiger partial charge in [0.2, 0.25) is 0 Å². The minimum atomic E-state index is -0.370. The molecular formula is C25H23FN2O3. The van der Waals surface area contributed by atoms with E-state index in [0.29, 0.717) is 45.8 Å². The Hall–Kier alpha value is -3.64. The minimum Gasteiger partial charge on any atom is -0.493 e. The summed E-state index contributed by atoms with van der Waals surface area (Å²) in [5.74, 6) is -0.138. The second kappa shape index (κ2) is 9.02. The van der Waals surface area contributed by atoms with Crippen LogP contribution in [0, 0.1) is 5.82 Å². The van der Waals surface area contributed by atoms with E-state index in [1.54, 1.807) is 24.3 Å². The third kappa shape index (κ3) is 4.29. The number of hydrogen-bond acceptors (Lipinski definition) is 3. The van der Waals surface area contributed by atoms with Crippen molar-refractivity contribution in [3.63, 3.8) is 0 Å². The van der Waals surface area contributed by atoms with E-state index in [9.17, 15) is 14.3 Å². The predicted octanol–water partition coefficient (Wildman–Crippen LogP) is 5.51. The normalized spacial score (nSPS) is 10.9. The zero-order chi connectivity index (χ0) is 21.8. The lowest BCUT2D eigenvalue weighted by molar-refractivity contribution is 0.102. The number of aliphatic hydroxyl groups excluding tert-OH is 1. The number of halogens is 1. The largest absolute Gasteiger partial charge is 0.493 e. The number of anilines is 1. The van der Waals surface area contributed by atoms with E-state index in [1.165, 1.54) is 12.1 Å². The number of rotatable bonds is 7. The number of carbonyl (C=O) groups is 1. The number of aromatic nitrogens is 1. The van der Waals surface area contributed by atoms with Gasteiger partial charge in [-0.1, -0.05) is 37.3 Å². The number of carbonyl (C=O) groups excluding carboxylic acids is 1.